The molecule has 0 unspecified atom stereocenters. The van der Waals surface area contributed by atoms with Gasteiger partial charge in [-0.25, -0.2) is 0 Å². The van der Waals surface area contributed by atoms with Gasteiger partial charge in [0.25, 0.3) is 0 Å². The van der Waals surface area contributed by atoms with Gasteiger partial charge in [-0.15, -0.1) is 11.8 Å². The lowest BCUT2D eigenvalue weighted by Gasteiger charge is -2.27. The molecule has 0 spiro atoms. The molecule has 1 fully saturated rings. The Balaban J connectivity index is 1.79. The molecule has 1 aromatic carbocycles. The maximum absolute atomic E-state index is 12.0. The minimum absolute atomic E-state index is 0.291. The van der Waals surface area contributed by atoms with Crippen molar-refractivity contribution in [3.05, 3.63) is 29.3 Å². The van der Waals surface area contributed by atoms with Crippen molar-refractivity contribution in [1.82, 2.24) is 10.2 Å². The van der Waals surface area contributed by atoms with Crippen LogP contribution in [-0.2, 0) is 4.79 Å². The van der Waals surface area contributed by atoms with Crippen LogP contribution in [0.4, 0.5) is 0 Å². The Morgan fingerprint density at radius 1 is 1.32 bits per heavy atom. The molecule has 3 nitrogen and oxygen atoms in total. The average Bonchev–Trinajstić information content (AvgIpc) is 2.43. The molecule has 0 saturated carbocycles. The molecule has 2 rings (SSSR count). The van der Waals surface area contributed by atoms with E-state index < -0.39 is 0 Å². The van der Waals surface area contributed by atoms with Crippen LogP contribution in [0.1, 0.15) is 17.5 Å². The molecule has 1 saturated heterocycles. The van der Waals surface area contributed by atoms with Crippen molar-refractivity contribution in [2.75, 3.05) is 31.9 Å². The molecular formula is C15H22N2OS. The van der Waals surface area contributed by atoms with Gasteiger partial charge in [-0.2, -0.15) is 0 Å². The third kappa shape index (κ3) is 4.25. The molecule has 0 bridgehead atoms. The standard InChI is InChI=1S/C15H22N2OS/c1-12-3-4-13(2)14(11-12)19-10-5-15(18)17-8-6-16-7-9-17/h3-4,11,16H,5-10H2,1-2H3. The largest absolute Gasteiger partial charge is 0.340 e. The molecule has 1 aromatic rings. The molecular weight excluding hydrogens is 256 g/mol. The Bertz CT molecular complexity index is 442. The van der Waals surface area contributed by atoms with Crippen LogP contribution in [0.25, 0.3) is 0 Å². The monoisotopic (exact) mass is 278 g/mol. The van der Waals surface area contributed by atoms with Crippen LogP contribution in [-0.4, -0.2) is 42.7 Å². The highest BCUT2D eigenvalue weighted by Crippen LogP contribution is 2.24. The number of thioether (sulfide) groups is 1. The number of benzene rings is 1. The highest BCUT2D eigenvalue weighted by molar-refractivity contribution is 7.99. The molecule has 19 heavy (non-hydrogen) atoms. The Morgan fingerprint density at radius 3 is 2.79 bits per heavy atom. The Hall–Kier alpha value is -1.00. The summed E-state index contributed by atoms with van der Waals surface area (Å²) in [5.41, 5.74) is 2.58. The molecule has 1 amide bonds. The first-order valence-electron chi connectivity index (χ1n) is 6.85. The summed E-state index contributed by atoms with van der Waals surface area (Å²) in [7, 11) is 0. The minimum atomic E-state index is 0.291. The van der Waals surface area contributed by atoms with E-state index in [1.54, 1.807) is 11.8 Å². The first-order valence-corrected chi connectivity index (χ1v) is 7.84. The summed E-state index contributed by atoms with van der Waals surface area (Å²) >= 11 is 1.79. The summed E-state index contributed by atoms with van der Waals surface area (Å²) in [6.45, 7) is 7.79. The van der Waals surface area contributed by atoms with Crippen LogP contribution < -0.4 is 5.32 Å². The van der Waals surface area contributed by atoms with Crippen molar-refractivity contribution in [1.29, 1.82) is 0 Å². The fourth-order valence-corrected chi connectivity index (χ4v) is 3.24. The number of carbonyl (C=O) groups excluding carboxylic acids is 1. The zero-order valence-corrected chi connectivity index (χ0v) is 12.6. The Morgan fingerprint density at radius 2 is 2.05 bits per heavy atom. The van der Waals surface area contributed by atoms with Gasteiger partial charge >= 0.3 is 0 Å². The van der Waals surface area contributed by atoms with E-state index in [1.807, 2.05) is 4.90 Å². The van der Waals surface area contributed by atoms with Crippen LogP contribution in [0, 0.1) is 13.8 Å². The summed E-state index contributed by atoms with van der Waals surface area (Å²) in [5.74, 6) is 1.16. The molecule has 1 N–H and O–H groups in total. The number of aryl methyl sites for hydroxylation is 2. The van der Waals surface area contributed by atoms with Crippen molar-refractivity contribution in [3.8, 4) is 0 Å². The van der Waals surface area contributed by atoms with E-state index >= 15 is 0 Å². The van der Waals surface area contributed by atoms with Gasteiger partial charge in [0.2, 0.25) is 5.91 Å². The normalized spacial score (nSPS) is 15.6. The highest BCUT2D eigenvalue weighted by atomic mass is 32.2. The van der Waals surface area contributed by atoms with Gasteiger partial charge in [-0.3, -0.25) is 4.79 Å². The number of rotatable bonds is 4. The van der Waals surface area contributed by atoms with E-state index in [2.05, 4.69) is 37.4 Å². The molecule has 0 aromatic heterocycles. The van der Waals surface area contributed by atoms with Gasteiger partial charge in [0, 0.05) is 43.2 Å². The Labute approximate surface area is 119 Å². The van der Waals surface area contributed by atoms with E-state index in [0.717, 1.165) is 31.9 Å². The predicted octanol–water partition coefficient (Wildman–Crippen LogP) is 2.22. The molecule has 1 heterocycles. The molecule has 104 valence electrons. The van der Waals surface area contributed by atoms with Gasteiger partial charge in [-0.05, 0) is 25.5 Å². The van der Waals surface area contributed by atoms with Gasteiger partial charge in [0.05, 0.1) is 0 Å². The molecule has 1 aliphatic rings. The summed E-state index contributed by atoms with van der Waals surface area (Å²) in [5, 5.41) is 3.27. The fourth-order valence-electron chi connectivity index (χ4n) is 2.18. The zero-order chi connectivity index (χ0) is 13.7. The van der Waals surface area contributed by atoms with E-state index in [4.69, 9.17) is 0 Å². The second-order valence-corrected chi connectivity index (χ2v) is 6.13. The van der Waals surface area contributed by atoms with Crippen molar-refractivity contribution in [2.45, 2.75) is 25.2 Å². The first kappa shape index (κ1) is 14.4. The smallest absolute Gasteiger partial charge is 0.223 e. The lowest BCUT2D eigenvalue weighted by atomic mass is 10.2. The van der Waals surface area contributed by atoms with Gasteiger partial charge in [-0.1, -0.05) is 17.7 Å². The lowest BCUT2D eigenvalue weighted by Crippen LogP contribution is -2.46. The van der Waals surface area contributed by atoms with Gasteiger partial charge in [0.1, 0.15) is 0 Å². The molecule has 1 aliphatic heterocycles. The number of hydrogen-bond acceptors (Lipinski definition) is 3. The van der Waals surface area contributed by atoms with Crippen LogP contribution in [0.5, 0.6) is 0 Å². The third-order valence-electron chi connectivity index (χ3n) is 3.39. The van der Waals surface area contributed by atoms with Crippen molar-refractivity contribution >= 4 is 17.7 Å². The topological polar surface area (TPSA) is 32.3 Å². The maximum Gasteiger partial charge on any atom is 0.223 e. The number of carbonyl (C=O) groups is 1. The fraction of sp³-hybridized carbons (Fsp3) is 0.533. The first-order chi connectivity index (χ1) is 9.16. The molecule has 0 atom stereocenters. The maximum atomic E-state index is 12.0. The number of nitrogens with zero attached hydrogens (tertiary/aromatic N) is 1. The van der Waals surface area contributed by atoms with Gasteiger partial charge in [0.15, 0.2) is 0 Å². The summed E-state index contributed by atoms with van der Waals surface area (Å²) in [4.78, 5) is 15.3. The third-order valence-corrected chi connectivity index (χ3v) is 4.55. The molecule has 0 aliphatic carbocycles. The lowest BCUT2D eigenvalue weighted by molar-refractivity contribution is -0.131. The number of nitrogens with one attached hydrogen (secondary N) is 1. The Kier molecular flexibility index (Phi) is 5.28. The predicted molar refractivity (Wildman–Crippen MR) is 80.7 cm³/mol. The summed E-state index contributed by atoms with van der Waals surface area (Å²) in [6.07, 6.45) is 0.637. The van der Waals surface area contributed by atoms with E-state index in [9.17, 15) is 4.79 Å². The number of hydrogen-bond donors (Lipinski definition) is 1. The molecule has 4 heteroatoms. The van der Waals surface area contributed by atoms with E-state index in [-0.39, 0.29) is 0 Å². The van der Waals surface area contributed by atoms with Gasteiger partial charge < -0.3 is 10.2 Å². The zero-order valence-electron chi connectivity index (χ0n) is 11.7. The number of piperazine rings is 1. The summed E-state index contributed by atoms with van der Waals surface area (Å²) < 4.78 is 0. The van der Waals surface area contributed by atoms with Crippen LogP contribution in [0.2, 0.25) is 0 Å². The quantitative estimate of drug-likeness (QED) is 0.857. The molecule has 0 radical (unpaired) electrons. The second kappa shape index (κ2) is 6.96. The highest BCUT2D eigenvalue weighted by Gasteiger charge is 2.15. The van der Waals surface area contributed by atoms with Crippen molar-refractivity contribution in [3.63, 3.8) is 0 Å². The SMILES string of the molecule is Cc1ccc(C)c(SCCC(=O)N2CCNCC2)c1. The van der Waals surface area contributed by atoms with Crippen molar-refractivity contribution < 1.29 is 4.79 Å². The number of amides is 1. The minimum Gasteiger partial charge on any atom is -0.340 e. The van der Waals surface area contributed by atoms with Crippen LogP contribution in [0.15, 0.2) is 23.1 Å². The van der Waals surface area contributed by atoms with E-state index in [1.165, 1.54) is 16.0 Å². The van der Waals surface area contributed by atoms with Crippen LogP contribution >= 0.6 is 11.8 Å². The van der Waals surface area contributed by atoms with E-state index in [0.29, 0.717) is 12.3 Å². The average molecular weight is 278 g/mol. The second-order valence-electron chi connectivity index (χ2n) is 5.00. The van der Waals surface area contributed by atoms with Crippen molar-refractivity contribution in [2.24, 2.45) is 0 Å². The summed E-state index contributed by atoms with van der Waals surface area (Å²) in [6, 6.07) is 6.48. The van der Waals surface area contributed by atoms with Crippen LogP contribution in [0.3, 0.4) is 0 Å².